The van der Waals surface area contributed by atoms with Crippen LogP contribution in [0.1, 0.15) is 16.1 Å². The second-order valence-electron chi connectivity index (χ2n) is 4.07. The van der Waals surface area contributed by atoms with Crippen molar-refractivity contribution in [3.05, 3.63) is 41.8 Å². The Kier molecular flexibility index (Phi) is 4.14. The third-order valence-corrected chi connectivity index (χ3v) is 2.73. The van der Waals surface area contributed by atoms with Gasteiger partial charge in [0.25, 0.3) is 5.91 Å². The van der Waals surface area contributed by atoms with Gasteiger partial charge in [0.1, 0.15) is 12.2 Å². The van der Waals surface area contributed by atoms with Crippen LogP contribution in [-0.4, -0.2) is 30.5 Å². The summed E-state index contributed by atoms with van der Waals surface area (Å²) in [7, 11) is 1.26. The van der Waals surface area contributed by atoms with Gasteiger partial charge in [0.15, 0.2) is 5.76 Å². The van der Waals surface area contributed by atoms with E-state index in [4.69, 9.17) is 4.42 Å². The molecule has 2 rings (SSSR count). The van der Waals surface area contributed by atoms with Crippen molar-refractivity contribution < 1.29 is 18.7 Å². The Morgan fingerprint density at radius 2 is 2.15 bits per heavy atom. The Morgan fingerprint density at radius 1 is 1.35 bits per heavy atom. The highest BCUT2D eigenvalue weighted by Crippen LogP contribution is 2.19. The van der Waals surface area contributed by atoms with Gasteiger partial charge < -0.3 is 14.5 Å². The first-order valence-corrected chi connectivity index (χ1v) is 5.98. The molecule has 2 heterocycles. The van der Waals surface area contributed by atoms with Gasteiger partial charge in [-0.2, -0.15) is 0 Å². The van der Waals surface area contributed by atoms with E-state index in [-0.39, 0.29) is 12.5 Å². The molecular formula is C14H14N2O4. The van der Waals surface area contributed by atoms with Crippen LogP contribution in [0.25, 0.3) is 11.5 Å². The van der Waals surface area contributed by atoms with Gasteiger partial charge in [0.2, 0.25) is 0 Å². The second kappa shape index (κ2) is 6.01. The highest BCUT2D eigenvalue weighted by Gasteiger charge is 2.13. The third kappa shape index (κ3) is 3.03. The van der Waals surface area contributed by atoms with Crippen LogP contribution in [0.5, 0.6) is 0 Å². The molecule has 0 atom stereocenters. The quantitative estimate of drug-likeness (QED) is 0.855. The first kappa shape index (κ1) is 13.8. The molecule has 0 fully saturated rings. The number of pyridine rings is 1. The summed E-state index contributed by atoms with van der Waals surface area (Å²) in [5.74, 6) is -0.239. The van der Waals surface area contributed by atoms with Crippen molar-refractivity contribution in [1.82, 2.24) is 10.3 Å². The molecule has 0 saturated carbocycles. The molecule has 6 heteroatoms. The minimum atomic E-state index is -0.504. The summed E-state index contributed by atoms with van der Waals surface area (Å²) in [6.07, 6.45) is 1.56. The minimum absolute atomic E-state index is 0.172. The number of furan rings is 1. The zero-order valence-electron chi connectivity index (χ0n) is 11.2. The number of nitrogens with zero attached hydrogens (tertiary/aromatic N) is 1. The minimum Gasteiger partial charge on any atom is -0.468 e. The van der Waals surface area contributed by atoms with Crippen LogP contribution < -0.4 is 5.32 Å². The molecule has 2 aromatic heterocycles. The van der Waals surface area contributed by atoms with Crippen molar-refractivity contribution in [3.63, 3.8) is 0 Å². The first-order valence-electron chi connectivity index (χ1n) is 5.98. The lowest BCUT2D eigenvalue weighted by atomic mass is 10.1. The van der Waals surface area contributed by atoms with Crippen molar-refractivity contribution in [2.75, 3.05) is 13.7 Å². The summed E-state index contributed by atoms with van der Waals surface area (Å²) in [5.41, 5.74) is 1.61. The number of hydrogen-bond donors (Lipinski definition) is 1. The zero-order valence-corrected chi connectivity index (χ0v) is 11.2. The Balaban J connectivity index is 2.13. The molecule has 0 aliphatic carbocycles. The molecule has 2 aromatic rings. The van der Waals surface area contributed by atoms with Crippen LogP contribution in [0.15, 0.2) is 34.9 Å². The number of hydrogen-bond acceptors (Lipinski definition) is 5. The van der Waals surface area contributed by atoms with E-state index in [1.807, 2.05) is 0 Å². The lowest BCUT2D eigenvalue weighted by Gasteiger charge is -2.07. The van der Waals surface area contributed by atoms with E-state index in [1.165, 1.54) is 7.11 Å². The van der Waals surface area contributed by atoms with E-state index in [1.54, 1.807) is 37.5 Å². The Labute approximate surface area is 115 Å². The summed E-state index contributed by atoms with van der Waals surface area (Å²) in [6.45, 7) is 1.55. The highest BCUT2D eigenvalue weighted by atomic mass is 16.5. The van der Waals surface area contributed by atoms with Crippen molar-refractivity contribution in [1.29, 1.82) is 0 Å². The number of amides is 1. The fraction of sp³-hybridized carbons (Fsp3) is 0.214. The normalized spacial score (nSPS) is 10.1. The van der Waals surface area contributed by atoms with Gasteiger partial charge in [-0.1, -0.05) is 0 Å². The third-order valence-electron chi connectivity index (χ3n) is 2.73. The smallest absolute Gasteiger partial charge is 0.325 e. The van der Waals surface area contributed by atoms with Gasteiger partial charge in [-0.25, -0.2) is 4.98 Å². The number of esters is 1. The Morgan fingerprint density at radius 3 is 2.75 bits per heavy atom. The molecule has 1 N–H and O–H groups in total. The zero-order chi connectivity index (χ0) is 14.5. The molecule has 0 spiro atoms. The highest BCUT2D eigenvalue weighted by molar-refractivity contribution is 5.97. The van der Waals surface area contributed by atoms with Crippen molar-refractivity contribution in [2.24, 2.45) is 0 Å². The molecule has 6 nitrogen and oxygen atoms in total. The molecule has 104 valence electrons. The van der Waals surface area contributed by atoms with E-state index in [9.17, 15) is 9.59 Å². The molecule has 20 heavy (non-hydrogen) atoms. The van der Waals surface area contributed by atoms with Gasteiger partial charge in [0, 0.05) is 0 Å². The summed E-state index contributed by atoms with van der Waals surface area (Å²) < 4.78 is 9.70. The van der Waals surface area contributed by atoms with Crippen LogP contribution in [0.4, 0.5) is 0 Å². The Bertz CT molecular complexity index is 620. The van der Waals surface area contributed by atoms with E-state index in [0.29, 0.717) is 22.7 Å². The molecule has 1 amide bonds. The maximum absolute atomic E-state index is 11.9. The number of methoxy groups -OCH3 is 1. The summed E-state index contributed by atoms with van der Waals surface area (Å²) in [4.78, 5) is 27.2. The van der Waals surface area contributed by atoms with E-state index >= 15 is 0 Å². The topological polar surface area (TPSA) is 81.4 Å². The van der Waals surface area contributed by atoms with Gasteiger partial charge in [-0.3, -0.25) is 9.59 Å². The number of carbonyl (C=O) groups excluding carboxylic acids is 2. The molecule has 0 aliphatic heterocycles. The van der Waals surface area contributed by atoms with Crippen molar-refractivity contribution >= 4 is 11.9 Å². The summed E-state index contributed by atoms with van der Waals surface area (Å²) in [6, 6.07) is 6.90. The Hall–Kier alpha value is -2.63. The number of rotatable bonds is 4. The van der Waals surface area contributed by atoms with Crippen LogP contribution in [0.2, 0.25) is 0 Å². The van der Waals surface area contributed by atoms with Crippen LogP contribution in [0.3, 0.4) is 0 Å². The molecule has 0 saturated heterocycles. The van der Waals surface area contributed by atoms with Gasteiger partial charge in [0.05, 0.1) is 24.6 Å². The van der Waals surface area contributed by atoms with E-state index < -0.39 is 5.97 Å². The fourth-order valence-electron chi connectivity index (χ4n) is 1.68. The van der Waals surface area contributed by atoms with Crippen LogP contribution >= 0.6 is 0 Å². The summed E-state index contributed by atoms with van der Waals surface area (Å²) in [5, 5.41) is 2.47. The van der Waals surface area contributed by atoms with Crippen LogP contribution in [0, 0.1) is 6.92 Å². The standard InChI is InChI=1S/C14H14N2O4/c1-9-10(14(18)15-8-13(17)19-2)5-6-11(16-9)12-4-3-7-20-12/h3-7H,8H2,1-2H3,(H,15,18). The predicted octanol–water partition coefficient (Wildman–Crippen LogP) is 1.55. The van der Waals surface area contributed by atoms with E-state index in [2.05, 4.69) is 15.0 Å². The SMILES string of the molecule is COC(=O)CNC(=O)c1ccc(-c2ccco2)nc1C. The second-order valence-corrected chi connectivity index (χ2v) is 4.07. The first-order chi connectivity index (χ1) is 9.61. The molecular weight excluding hydrogens is 260 g/mol. The summed E-state index contributed by atoms with van der Waals surface area (Å²) >= 11 is 0. The lowest BCUT2D eigenvalue weighted by molar-refractivity contribution is -0.139. The maximum atomic E-state index is 11.9. The largest absolute Gasteiger partial charge is 0.468 e. The fourth-order valence-corrected chi connectivity index (χ4v) is 1.68. The van der Waals surface area contributed by atoms with Crippen LogP contribution in [-0.2, 0) is 9.53 Å². The van der Waals surface area contributed by atoms with E-state index in [0.717, 1.165) is 0 Å². The number of ether oxygens (including phenoxy) is 1. The molecule has 0 aromatic carbocycles. The van der Waals surface area contributed by atoms with Gasteiger partial charge in [-0.05, 0) is 31.2 Å². The predicted molar refractivity (Wildman–Crippen MR) is 71.0 cm³/mol. The average Bonchev–Trinajstić information content (AvgIpc) is 2.98. The monoisotopic (exact) mass is 274 g/mol. The molecule has 0 bridgehead atoms. The number of nitrogens with one attached hydrogen (secondary N) is 1. The lowest BCUT2D eigenvalue weighted by Crippen LogP contribution is -2.30. The van der Waals surface area contributed by atoms with Crippen molar-refractivity contribution in [3.8, 4) is 11.5 Å². The average molecular weight is 274 g/mol. The number of aryl methyl sites for hydroxylation is 1. The maximum Gasteiger partial charge on any atom is 0.325 e. The molecule has 0 radical (unpaired) electrons. The molecule has 0 aliphatic rings. The van der Waals surface area contributed by atoms with Crippen molar-refractivity contribution in [2.45, 2.75) is 6.92 Å². The molecule has 0 unspecified atom stereocenters. The number of aromatic nitrogens is 1. The number of carbonyl (C=O) groups is 2. The van der Waals surface area contributed by atoms with Gasteiger partial charge in [-0.15, -0.1) is 0 Å². The van der Waals surface area contributed by atoms with Gasteiger partial charge >= 0.3 is 5.97 Å².